The molecule has 0 saturated heterocycles. The minimum Gasteiger partial charge on any atom is -0.441 e. The molecule has 0 aliphatic rings. The number of rotatable bonds is 8. The van der Waals surface area contributed by atoms with E-state index < -0.39 is 11.6 Å². The first-order valence-electron chi connectivity index (χ1n) is 8.23. The van der Waals surface area contributed by atoms with Crippen LogP contribution >= 0.6 is 0 Å². The number of amides is 1. The zero-order valence-corrected chi connectivity index (χ0v) is 14.0. The molecule has 0 saturated carbocycles. The second-order valence-electron chi connectivity index (χ2n) is 5.57. The SMILES string of the molecule is CCCCN(CC)C(=O)CCc1ncc(-c2ccc(F)cc2F)o1. The molecule has 0 fully saturated rings. The van der Waals surface area contributed by atoms with Gasteiger partial charge in [0.05, 0.1) is 11.8 Å². The summed E-state index contributed by atoms with van der Waals surface area (Å²) in [6, 6.07) is 3.27. The molecule has 0 aliphatic carbocycles. The summed E-state index contributed by atoms with van der Waals surface area (Å²) in [6.07, 6.45) is 4.06. The van der Waals surface area contributed by atoms with Gasteiger partial charge in [0.15, 0.2) is 11.7 Å². The number of carbonyl (C=O) groups is 1. The van der Waals surface area contributed by atoms with Crippen LogP contribution in [0.3, 0.4) is 0 Å². The number of unbranched alkanes of at least 4 members (excludes halogenated alkanes) is 1. The van der Waals surface area contributed by atoms with Gasteiger partial charge in [0.2, 0.25) is 5.91 Å². The van der Waals surface area contributed by atoms with Crippen molar-refractivity contribution in [2.45, 2.75) is 39.5 Å². The van der Waals surface area contributed by atoms with Gasteiger partial charge in [-0.3, -0.25) is 4.79 Å². The Morgan fingerprint density at radius 2 is 2.08 bits per heavy atom. The standard InChI is InChI=1S/C18H22F2N2O2/c1-3-5-10-22(4-2)18(23)9-8-17-21-12-16(24-17)14-7-6-13(19)11-15(14)20/h6-7,11-12H,3-5,8-10H2,1-2H3. The topological polar surface area (TPSA) is 46.3 Å². The molecule has 0 radical (unpaired) electrons. The Balaban J connectivity index is 1.97. The van der Waals surface area contributed by atoms with E-state index in [0.717, 1.165) is 31.5 Å². The predicted molar refractivity (Wildman–Crippen MR) is 87.3 cm³/mol. The van der Waals surface area contributed by atoms with Crippen LogP contribution in [0, 0.1) is 11.6 Å². The maximum atomic E-state index is 13.7. The maximum absolute atomic E-state index is 13.7. The first-order valence-corrected chi connectivity index (χ1v) is 8.23. The van der Waals surface area contributed by atoms with Crippen molar-refractivity contribution in [3.05, 3.63) is 41.9 Å². The molecule has 0 atom stereocenters. The van der Waals surface area contributed by atoms with Gasteiger partial charge < -0.3 is 9.32 Å². The van der Waals surface area contributed by atoms with E-state index in [-0.39, 0.29) is 17.2 Å². The first kappa shape index (κ1) is 18.1. The van der Waals surface area contributed by atoms with E-state index in [0.29, 0.717) is 25.3 Å². The highest BCUT2D eigenvalue weighted by Gasteiger charge is 2.15. The van der Waals surface area contributed by atoms with Crippen LogP contribution < -0.4 is 0 Å². The van der Waals surface area contributed by atoms with Crippen molar-refractivity contribution in [2.24, 2.45) is 0 Å². The number of hydrogen-bond acceptors (Lipinski definition) is 3. The number of oxazole rings is 1. The van der Waals surface area contributed by atoms with Crippen LogP contribution in [0.5, 0.6) is 0 Å². The number of benzene rings is 1. The Labute approximate surface area is 140 Å². The first-order chi connectivity index (χ1) is 11.5. The highest BCUT2D eigenvalue weighted by Crippen LogP contribution is 2.24. The Morgan fingerprint density at radius 1 is 1.29 bits per heavy atom. The molecule has 2 rings (SSSR count). The Kier molecular flexibility index (Phi) is 6.46. The highest BCUT2D eigenvalue weighted by molar-refractivity contribution is 5.76. The molecule has 2 aromatic rings. The van der Waals surface area contributed by atoms with E-state index in [4.69, 9.17) is 4.42 Å². The molecule has 6 heteroatoms. The molecule has 24 heavy (non-hydrogen) atoms. The van der Waals surface area contributed by atoms with Crippen LogP contribution in [0.1, 0.15) is 39.0 Å². The van der Waals surface area contributed by atoms with Crippen molar-refractivity contribution in [2.75, 3.05) is 13.1 Å². The molecule has 130 valence electrons. The van der Waals surface area contributed by atoms with Gasteiger partial charge in [-0.15, -0.1) is 0 Å². The van der Waals surface area contributed by atoms with Crippen molar-refractivity contribution in [3.8, 4) is 11.3 Å². The lowest BCUT2D eigenvalue weighted by atomic mass is 10.2. The van der Waals surface area contributed by atoms with Crippen LogP contribution in [-0.2, 0) is 11.2 Å². The third kappa shape index (κ3) is 4.63. The van der Waals surface area contributed by atoms with Gasteiger partial charge in [0.25, 0.3) is 0 Å². The molecule has 0 aliphatic heterocycles. The van der Waals surface area contributed by atoms with Crippen molar-refractivity contribution in [1.29, 1.82) is 0 Å². The lowest BCUT2D eigenvalue weighted by Crippen LogP contribution is -2.31. The quantitative estimate of drug-likeness (QED) is 0.726. The molecule has 1 heterocycles. The number of aromatic nitrogens is 1. The Hall–Kier alpha value is -2.24. The molecular weight excluding hydrogens is 314 g/mol. The minimum absolute atomic E-state index is 0.0543. The molecule has 4 nitrogen and oxygen atoms in total. The van der Waals surface area contributed by atoms with Crippen molar-refractivity contribution in [3.63, 3.8) is 0 Å². The van der Waals surface area contributed by atoms with Gasteiger partial charge in [-0.05, 0) is 25.5 Å². The van der Waals surface area contributed by atoms with E-state index in [1.807, 2.05) is 11.8 Å². The summed E-state index contributed by atoms with van der Waals surface area (Å²) in [7, 11) is 0. The number of halogens is 2. The Morgan fingerprint density at radius 3 is 2.75 bits per heavy atom. The molecule has 0 unspecified atom stereocenters. The Bertz CT molecular complexity index is 685. The minimum atomic E-state index is -0.703. The second-order valence-corrected chi connectivity index (χ2v) is 5.57. The summed E-state index contributed by atoms with van der Waals surface area (Å²) in [5.74, 6) is -0.695. The summed E-state index contributed by atoms with van der Waals surface area (Å²) in [5.41, 5.74) is 0.152. The monoisotopic (exact) mass is 336 g/mol. The average Bonchev–Trinajstić information content (AvgIpc) is 3.02. The zero-order valence-electron chi connectivity index (χ0n) is 14.0. The molecule has 0 N–H and O–H groups in total. The van der Waals surface area contributed by atoms with Gasteiger partial charge in [0.1, 0.15) is 11.6 Å². The van der Waals surface area contributed by atoms with E-state index in [9.17, 15) is 13.6 Å². The fourth-order valence-corrected chi connectivity index (χ4v) is 2.42. The van der Waals surface area contributed by atoms with Crippen LogP contribution in [0.4, 0.5) is 8.78 Å². The summed E-state index contributed by atoms with van der Waals surface area (Å²) >= 11 is 0. The fraction of sp³-hybridized carbons (Fsp3) is 0.444. The summed E-state index contributed by atoms with van der Waals surface area (Å²) in [6.45, 7) is 5.47. The van der Waals surface area contributed by atoms with Crippen molar-refractivity contribution >= 4 is 5.91 Å². The molecular formula is C18H22F2N2O2. The van der Waals surface area contributed by atoms with Crippen molar-refractivity contribution < 1.29 is 18.0 Å². The number of aryl methyl sites for hydroxylation is 1. The predicted octanol–water partition coefficient (Wildman–Crippen LogP) is 4.20. The van der Waals surface area contributed by atoms with E-state index in [1.54, 1.807) is 0 Å². The average molecular weight is 336 g/mol. The summed E-state index contributed by atoms with van der Waals surface area (Å²) < 4.78 is 32.2. The molecule has 1 aromatic heterocycles. The van der Waals surface area contributed by atoms with Crippen LogP contribution in [0.15, 0.2) is 28.8 Å². The molecule has 1 aromatic carbocycles. The molecule has 0 spiro atoms. The molecule has 0 bridgehead atoms. The summed E-state index contributed by atoms with van der Waals surface area (Å²) in [5, 5.41) is 0. The van der Waals surface area contributed by atoms with Crippen LogP contribution in [-0.4, -0.2) is 28.9 Å². The normalized spacial score (nSPS) is 10.8. The maximum Gasteiger partial charge on any atom is 0.223 e. The van der Waals surface area contributed by atoms with Gasteiger partial charge in [-0.2, -0.15) is 0 Å². The van der Waals surface area contributed by atoms with E-state index in [2.05, 4.69) is 11.9 Å². The van der Waals surface area contributed by atoms with Gasteiger partial charge in [0, 0.05) is 32.0 Å². The van der Waals surface area contributed by atoms with E-state index >= 15 is 0 Å². The van der Waals surface area contributed by atoms with Crippen LogP contribution in [0.2, 0.25) is 0 Å². The molecule has 1 amide bonds. The highest BCUT2D eigenvalue weighted by atomic mass is 19.1. The third-order valence-electron chi connectivity index (χ3n) is 3.82. The number of nitrogens with zero attached hydrogens (tertiary/aromatic N) is 2. The summed E-state index contributed by atoms with van der Waals surface area (Å²) in [4.78, 5) is 18.1. The van der Waals surface area contributed by atoms with Crippen molar-refractivity contribution in [1.82, 2.24) is 9.88 Å². The lowest BCUT2D eigenvalue weighted by molar-refractivity contribution is -0.131. The fourth-order valence-electron chi connectivity index (χ4n) is 2.42. The second kappa shape index (κ2) is 8.57. The number of carbonyl (C=O) groups excluding carboxylic acids is 1. The third-order valence-corrected chi connectivity index (χ3v) is 3.82. The van der Waals surface area contributed by atoms with Gasteiger partial charge in [-0.1, -0.05) is 13.3 Å². The van der Waals surface area contributed by atoms with Crippen LogP contribution in [0.25, 0.3) is 11.3 Å². The van der Waals surface area contributed by atoms with Gasteiger partial charge >= 0.3 is 0 Å². The zero-order chi connectivity index (χ0) is 17.5. The smallest absolute Gasteiger partial charge is 0.223 e. The van der Waals surface area contributed by atoms with Gasteiger partial charge in [-0.25, -0.2) is 13.8 Å². The lowest BCUT2D eigenvalue weighted by Gasteiger charge is -2.20. The largest absolute Gasteiger partial charge is 0.441 e. The van der Waals surface area contributed by atoms with E-state index in [1.165, 1.54) is 12.3 Å². The number of hydrogen-bond donors (Lipinski definition) is 0.